The molecule has 2 rings (SSSR count). The van der Waals surface area contributed by atoms with E-state index in [1.807, 2.05) is 6.92 Å². The van der Waals surface area contributed by atoms with Gasteiger partial charge in [0.25, 0.3) is 0 Å². The van der Waals surface area contributed by atoms with Gasteiger partial charge in [0, 0.05) is 18.2 Å². The van der Waals surface area contributed by atoms with Crippen molar-refractivity contribution >= 4 is 10.0 Å². The maximum atomic E-state index is 13.4. The monoisotopic (exact) mass is 300 g/mol. The number of nitrogens with one attached hydrogen (secondary N) is 1. The molecule has 0 amide bonds. The minimum Gasteiger partial charge on any atom is -0.326 e. The first kappa shape index (κ1) is 15.4. The molecular formula is C14H21FN2O2S. The molecule has 1 saturated carbocycles. The number of benzene rings is 1. The quantitative estimate of drug-likeness (QED) is 0.875. The van der Waals surface area contributed by atoms with Crippen LogP contribution in [0.3, 0.4) is 0 Å². The topological polar surface area (TPSA) is 72.2 Å². The fraction of sp³-hybridized carbons (Fsp3) is 0.571. The van der Waals surface area contributed by atoms with Crippen molar-refractivity contribution in [2.24, 2.45) is 11.7 Å². The molecule has 1 unspecified atom stereocenters. The third kappa shape index (κ3) is 3.37. The number of hydrogen-bond donors (Lipinski definition) is 2. The van der Waals surface area contributed by atoms with Gasteiger partial charge in [-0.3, -0.25) is 0 Å². The Morgan fingerprint density at radius 2 is 2.05 bits per heavy atom. The summed E-state index contributed by atoms with van der Waals surface area (Å²) < 4.78 is 40.7. The molecule has 1 aliphatic rings. The van der Waals surface area contributed by atoms with Gasteiger partial charge in [-0.2, -0.15) is 0 Å². The average Bonchev–Trinajstić information content (AvgIpc) is 2.92. The van der Waals surface area contributed by atoms with Crippen LogP contribution in [-0.2, 0) is 16.6 Å². The van der Waals surface area contributed by atoms with Crippen LogP contribution in [-0.4, -0.2) is 14.5 Å². The molecular weight excluding hydrogens is 279 g/mol. The lowest BCUT2D eigenvalue weighted by molar-refractivity contribution is 0.424. The lowest BCUT2D eigenvalue weighted by Crippen LogP contribution is -2.37. The highest BCUT2D eigenvalue weighted by Crippen LogP contribution is 2.28. The van der Waals surface area contributed by atoms with Crippen molar-refractivity contribution in [3.05, 3.63) is 29.6 Å². The number of halogens is 1. The Balaban J connectivity index is 2.17. The Morgan fingerprint density at radius 3 is 2.65 bits per heavy atom. The minimum atomic E-state index is -3.62. The molecule has 112 valence electrons. The molecule has 0 spiro atoms. The molecule has 3 N–H and O–H groups in total. The van der Waals surface area contributed by atoms with E-state index < -0.39 is 15.8 Å². The zero-order chi connectivity index (χ0) is 14.8. The minimum absolute atomic E-state index is 0.0205. The Labute approximate surface area is 119 Å². The van der Waals surface area contributed by atoms with Crippen LogP contribution in [0.1, 0.15) is 38.2 Å². The van der Waals surface area contributed by atoms with Gasteiger partial charge in [0.05, 0.1) is 4.90 Å². The van der Waals surface area contributed by atoms with E-state index in [0.717, 1.165) is 31.7 Å². The zero-order valence-corrected chi connectivity index (χ0v) is 12.4. The fourth-order valence-electron chi connectivity index (χ4n) is 2.74. The van der Waals surface area contributed by atoms with E-state index in [0.29, 0.717) is 5.92 Å². The zero-order valence-electron chi connectivity index (χ0n) is 11.6. The fourth-order valence-corrected chi connectivity index (χ4v) is 4.10. The Kier molecular flexibility index (Phi) is 4.78. The molecule has 0 heterocycles. The third-order valence-corrected chi connectivity index (χ3v) is 5.55. The Hall–Kier alpha value is -0.980. The molecule has 1 atom stereocenters. The molecule has 1 fully saturated rings. The van der Waals surface area contributed by atoms with Crippen LogP contribution >= 0.6 is 0 Å². The Morgan fingerprint density at radius 1 is 1.40 bits per heavy atom. The van der Waals surface area contributed by atoms with Crippen molar-refractivity contribution in [2.45, 2.75) is 50.1 Å². The van der Waals surface area contributed by atoms with Gasteiger partial charge in [0.15, 0.2) is 0 Å². The number of rotatable bonds is 5. The summed E-state index contributed by atoms with van der Waals surface area (Å²) in [6.07, 6.45) is 4.43. The average molecular weight is 300 g/mol. The molecule has 1 aliphatic carbocycles. The van der Waals surface area contributed by atoms with Crippen LogP contribution < -0.4 is 10.5 Å². The molecule has 20 heavy (non-hydrogen) atoms. The highest BCUT2D eigenvalue weighted by Gasteiger charge is 2.26. The molecule has 1 aromatic carbocycles. The van der Waals surface area contributed by atoms with Crippen LogP contribution in [0.2, 0.25) is 0 Å². The smallest absolute Gasteiger partial charge is 0.240 e. The molecule has 0 aliphatic heterocycles. The van der Waals surface area contributed by atoms with Crippen molar-refractivity contribution < 1.29 is 12.8 Å². The van der Waals surface area contributed by atoms with Crippen molar-refractivity contribution in [3.8, 4) is 0 Å². The number of hydrogen-bond acceptors (Lipinski definition) is 3. The van der Waals surface area contributed by atoms with Gasteiger partial charge in [0.1, 0.15) is 5.82 Å². The van der Waals surface area contributed by atoms with E-state index >= 15 is 0 Å². The first-order valence-corrected chi connectivity index (χ1v) is 8.43. The second-order valence-corrected chi connectivity index (χ2v) is 7.13. The molecule has 6 heteroatoms. The number of sulfonamides is 1. The first-order valence-electron chi connectivity index (χ1n) is 6.95. The summed E-state index contributed by atoms with van der Waals surface area (Å²) in [6, 6.07) is 3.63. The largest absolute Gasteiger partial charge is 0.326 e. The number of nitrogens with two attached hydrogens (primary N) is 1. The summed E-state index contributed by atoms with van der Waals surface area (Å²) in [5.41, 5.74) is 5.62. The van der Waals surface area contributed by atoms with E-state index in [-0.39, 0.29) is 23.0 Å². The molecule has 0 radical (unpaired) electrons. The lowest BCUT2D eigenvalue weighted by atomic mass is 10.0. The predicted octanol–water partition coefficient (Wildman–Crippen LogP) is 2.14. The lowest BCUT2D eigenvalue weighted by Gasteiger charge is -2.20. The van der Waals surface area contributed by atoms with Crippen LogP contribution in [0.4, 0.5) is 4.39 Å². The second kappa shape index (κ2) is 6.20. The highest BCUT2D eigenvalue weighted by molar-refractivity contribution is 7.89. The van der Waals surface area contributed by atoms with E-state index in [1.165, 1.54) is 12.1 Å². The molecule has 1 aromatic rings. The predicted molar refractivity (Wildman–Crippen MR) is 76.0 cm³/mol. The summed E-state index contributed by atoms with van der Waals surface area (Å²) in [4.78, 5) is 0.0733. The molecule has 0 aromatic heterocycles. The van der Waals surface area contributed by atoms with Crippen molar-refractivity contribution in [2.75, 3.05) is 0 Å². The van der Waals surface area contributed by atoms with Crippen LogP contribution in [0, 0.1) is 11.7 Å². The molecule has 0 bridgehead atoms. The van der Waals surface area contributed by atoms with Crippen molar-refractivity contribution in [3.63, 3.8) is 0 Å². The SMILES string of the molecule is CC(NS(=O)(=O)c1ccc(F)c(CN)c1)C1CCCC1. The van der Waals surface area contributed by atoms with Gasteiger partial charge in [-0.05, 0) is 43.9 Å². The van der Waals surface area contributed by atoms with Gasteiger partial charge < -0.3 is 5.73 Å². The molecule has 0 saturated heterocycles. The maximum Gasteiger partial charge on any atom is 0.240 e. The first-order chi connectivity index (χ1) is 9.44. The van der Waals surface area contributed by atoms with Crippen molar-refractivity contribution in [1.29, 1.82) is 0 Å². The van der Waals surface area contributed by atoms with Gasteiger partial charge in [-0.15, -0.1) is 0 Å². The van der Waals surface area contributed by atoms with Crippen LogP contribution in [0.25, 0.3) is 0 Å². The summed E-state index contributed by atoms with van der Waals surface area (Å²) in [5, 5.41) is 0. The second-order valence-electron chi connectivity index (χ2n) is 5.41. The normalized spacial score (nSPS) is 18.4. The summed E-state index contributed by atoms with van der Waals surface area (Å²) in [6.45, 7) is 1.87. The van der Waals surface area contributed by atoms with E-state index in [9.17, 15) is 12.8 Å². The van der Waals surface area contributed by atoms with E-state index in [2.05, 4.69) is 4.72 Å². The molecule has 4 nitrogen and oxygen atoms in total. The van der Waals surface area contributed by atoms with E-state index in [1.54, 1.807) is 0 Å². The van der Waals surface area contributed by atoms with Gasteiger partial charge in [0.2, 0.25) is 10.0 Å². The maximum absolute atomic E-state index is 13.4. The standard InChI is InChI=1S/C14H21FN2O2S/c1-10(11-4-2-3-5-11)17-20(18,19)13-6-7-14(15)12(8-13)9-16/h6-8,10-11,17H,2-5,9,16H2,1H3. The van der Waals surface area contributed by atoms with Gasteiger partial charge in [-0.25, -0.2) is 17.5 Å². The van der Waals surface area contributed by atoms with Gasteiger partial charge in [-0.1, -0.05) is 12.8 Å². The summed E-state index contributed by atoms with van der Waals surface area (Å²) >= 11 is 0. The highest BCUT2D eigenvalue weighted by atomic mass is 32.2. The van der Waals surface area contributed by atoms with Crippen molar-refractivity contribution in [1.82, 2.24) is 4.72 Å². The van der Waals surface area contributed by atoms with Gasteiger partial charge >= 0.3 is 0 Å². The summed E-state index contributed by atoms with van der Waals surface area (Å²) in [7, 11) is -3.62. The third-order valence-electron chi connectivity index (χ3n) is 4.00. The Bertz CT molecular complexity index is 569. The van der Waals surface area contributed by atoms with E-state index in [4.69, 9.17) is 5.73 Å². The van der Waals surface area contributed by atoms with Crippen LogP contribution in [0.15, 0.2) is 23.1 Å². The van der Waals surface area contributed by atoms with Crippen LogP contribution in [0.5, 0.6) is 0 Å². The summed E-state index contributed by atoms with van der Waals surface area (Å²) in [5.74, 6) is -0.0884.